The van der Waals surface area contributed by atoms with Crippen LogP contribution < -0.4 is 4.74 Å². The summed E-state index contributed by atoms with van der Waals surface area (Å²) < 4.78 is 75.7. The molecule has 0 saturated carbocycles. The van der Waals surface area contributed by atoms with Crippen LogP contribution in [-0.2, 0) is 32.3 Å². The maximum atomic E-state index is 12.8. The molecule has 1 aliphatic rings. The van der Waals surface area contributed by atoms with Crippen molar-refractivity contribution in [3.05, 3.63) is 59.7 Å². The molecule has 2 aromatic carbocycles. The average molecular weight is 487 g/mol. The highest BCUT2D eigenvalue weighted by molar-refractivity contribution is 7.89. The van der Waals surface area contributed by atoms with E-state index in [0.717, 1.165) is 29.8 Å². The SMILES string of the molecule is COc1cccc(COC(C)C(=O)N2CCN(S(=O)(=O)c3ccc(C(F)(F)F)cc3)CC2)c1. The molecule has 180 valence electrons. The number of rotatable bonds is 7. The number of alkyl halides is 3. The van der Waals surface area contributed by atoms with Crippen LogP contribution in [0.3, 0.4) is 0 Å². The topological polar surface area (TPSA) is 76.2 Å². The van der Waals surface area contributed by atoms with E-state index in [-0.39, 0.29) is 43.6 Å². The molecule has 0 radical (unpaired) electrons. The summed E-state index contributed by atoms with van der Waals surface area (Å²) >= 11 is 0. The molecule has 1 fully saturated rings. The van der Waals surface area contributed by atoms with Gasteiger partial charge >= 0.3 is 6.18 Å². The zero-order valence-corrected chi connectivity index (χ0v) is 19.0. The first-order valence-electron chi connectivity index (χ1n) is 10.2. The van der Waals surface area contributed by atoms with Crippen LogP contribution in [-0.4, -0.2) is 62.9 Å². The first kappa shape index (κ1) is 25.0. The second-order valence-electron chi connectivity index (χ2n) is 7.56. The van der Waals surface area contributed by atoms with Gasteiger partial charge in [-0.1, -0.05) is 12.1 Å². The van der Waals surface area contributed by atoms with E-state index >= 15 is 0 Å². The maximum absolute atomic E-state index is 12.8. The van der Waals surface area contributed by atoms with Gasteiger partial charge in [0.15, 0.2) is 0 Å². The van der Waals surface area contributed by atoms with Gasteiger partial charge in [0.25, 0.3) is 5.91 Å². The molecule has 1 aliphatic heterocycles. The van der Waals surface area contributed by atoms with Crippen molar-refractivity contribution >= 4 is 15.9 Å². The van der Waals surface area contributed by atoms with Gasteiger partial charge in [-0.2, -0.15) is 17.5 Å². The summed E-state index contributed by atoms with van der Waals surface area (Å²) in [6, 6.07) is 10.7. The van der Waals surface area contributed by atoms with E-state index in [1.54, 1.807) is 20.1 Å². The molecule has 1 atom stereocenters. The highest BCUT2D eigenvalue weighted by Crippen LogP contribution is 2.30. The summed E-state index contributed by atoms with van der Waals surface area (Å²) in [4.78, 5) is 14.0. The van der Waals surface area contributed by atoms with Gasteiger partial charge in [-0.05, 0) is 48.9 Å². The highest BCUT2D eigenvalue weighted by atomic mass is 32.2. The predicted molar refractivity (Wildman–Crippen MR) is 114 cm³/mol. The Balaban J connectivity index is 1.55. The summed E-state index contributed by atoms with van der Waals surface area (Å²) in [5, 5.41) is 0. The third-order valence-corrected chi connectivity index (χ3v) is 7.26. The lowest BCUT2D eigenvalue weighted by molar-refractivity contribution is -0.144. The average Bonchev–Trinajstić information content (AvgIpc) is 2.81. The molecule has 33 heavy (non-hydrogen) atoms. The van der Waals surface area contributed by atoms with Crippen molar-refractivity contribution in [3.63, 3.8) is 0 Å². The Bertz CT molecular complexity index is 1070. The summed E-state index contributed by atoms with van der Waals surface area (Å²) in [5.41, 5.74) is -0.0683. The van der Waals surface area contributed by atoms with Gasteiger partial charge in [-0.3, -0.25) is 4.79 Å². The molecule has 3 rings (SSSR count). The second kappa shape index (κ2) is 10.1. The van der Waals surface area contributed by atoms with E-state index < -0.39 is 27.9 Å². The van der Waals surface area contributed by atoms with E-state index in [4.69, 9.17) is 9.47 Å². The number of sulfonamides is 1. The van der Waals surface area contributed by atoms with Crippen LogP contribution in [0.1, 0.15) is 18.1 Å². The van der Waals surface area contributed by atoms with Gasteiger partial charge in [-0.15, -0.1) is 0 Å². The first-order chi connectivity index (χ1) is 15.5. The summed E-state index contributed by atoms with van der Waals surface area (Å²) in [5.74, 6) is 0.421. The van der Waals surface area contributed by atoms with Gasteiger partial charge in [0.1, 0.15) is 11.9 Å². The lowest BCUT2D eigenvalue weighted by atomic mass is 10.2. The number of methoxy groups -OCH3 is 1. The Hall–Kier alpha value is -2.63. The van der Waals surface area contributed by atoms with Crippen molar-refractivity contribution in [2.75, 3.05) is 33.3 Å². The standard InChI is InChI=1S/C22H25F3N2O5S/c1-16(32-15-17-4-3-5-19(14-17)31-2)21(28)26-10-12-27(13-11-26)33(29,30)20-8-6-18(7-9-20)22(23,24)25/h3-9,14,16H,10-13,15H2,1-2H3. The van der Waals surface area contributed by atoms with Crippen LogP contribution in [0.5, 0.6) is 5.75 Å². The van der Waals surface area contributed by atoms with Crippen molar-refractivity contribution in [1.82, 2.24) is 9.21 Å². The predicted octanol–water partition coefficient (Wildman–Crippen LogP) is 3.15. The van der Waals surface area contributed by atoms with E-state index in [1.807, 2.05) is 18.2 Å². The Kier molecular flexibility index (Phi) is 7.65. The first-order valence-corrected chi connectivity index (χ1v) is 11.7. The molecule has 0 bridgehead atoms. The molecule has 7 nitrogen and oxygen atoms in total. The maximum Gasteiger partial charge on any atom is 0.416 e. The van der Waals surface area contributed by atoms with Gasteiger partial charge in [0.2, 0.25) is 10.0 Å². The summed E-state index contributed by atoms with van der Waals surface area (Å²) in [7, 11) is -2.40. The third kappa shape index (κ3) is 6.04. The number of hydrogen-bond acceptors (Lipinski definition) is 5. The van der Waals surface area contributed by atoms with Crippen molar-refractivity contribution in [2.24, 2.45) is 0 Å². The number of carbonyl (C=O) groups is 1. The molecule has 11 heteroatoms. The smallest absolute Gasteiger partial charge is 0.416 e. The Morgan fingerprint density at radius 2 is 1.70 bits per heavy atom. The van der Waals surface area contributed by atoms with Crippen LogP contribution in [0.25, 0.3) is 0 Å². The van der Waals surface area contributed by atoms with Crippen molar-refractivity contribution < 1.29 is 35.9 Å². The largest absolute Gasteiger partial charge is 0.497 e. The molecule has 1 heterocycles. The number of carbonyl (C=O) groups excluding carboxylic acids is 1. The van der Waals surface area contributed by atoms with Crippen LogP contribution in [0.2, 0.25) is 0 Å². The summed E-state index contributed by atoms with van der Waals surface area (Å²) in [6.07, 6.45) is -5.27. The Morgan fingerprint density at radius 3 is 2.27 bits per heavy atom. The number of halogens is 3. The fourth-order valence-corrected chi connectivity index (χ4v) is 4.85. The molecule has 2 aromatic rings. The molecule has 0 aliphatic carbocycles. The number of hydrogen-bond donors (Lipinski definition) is 0. The zero-order chi connectivity index (χ0) is 24.2. The highest BCUT2D eigenvalue weighted by Gasteiger charge is 2.34. The Morgan fingerprint density at radius 1 is 1.06 bits per heavy atom. The molecular formula is C22H25F3N2O5S. The minimum Gasteiger partial charge on any atom is -0.497 e. The fourth-order valence-electron chi connectivity index (χ4n) is 3.43. The summed E-state index contributed by atoms with van der Waals surface area (Å²) in [6.45, 7) is 2.24. The molecule has 0 aromatic heterocycles. The van der Waals surface area contributed by atoms with E-state index in [2.05, 4.69) is 0 Å². The number of piperazine rings is 1. The molecule has 0 N–H and O–H groups in total. The quantitative estimate of drug-likeness (QED) is 0.601. The van der Waals surface area contributed by atoms with Gasteiger partial charge < -0.3 is 14.4 Å². The van der Waals surface area contributed by atoms with Gasteiger partial charge in [0, 0.05) is 26.2 Å². The van der Waals surface area contributed by atoms with Crippen molar-refractivity contribution in [2.45, 2.75) is 30.7 Å². The molecule has 1 amide bonds. The molecule has 1 saturated heterocycles. The van der Waals surface area contributed by atoms with Gasteiger partial charge in [0.05, 0.1) is 24.2 Å². The van der Waals surface area contributed by atoms with Gasteiger partial charge in [-0.25, -0.2) is 8.42 Å². The number of amides is 1. The minimum absolute atomic E-state index is 0.0394. The van der Waals surface area contributed by atoms with Crippen molar-refractivity contribution in [3.8, 4) is 5.75 Å². The van der Waals surface area contributed by atoms with Crippen LogP contribution in [0.15, 0.2) is 53.4 Å². The van der Waals surface area contributed by atoms with Crippen LogP contribution >= 0.6 is 0 Å². The minimum atomic E-state index is -4.54. The second-order valence-corrected chi connectivity index (χ2v) is 9.49. The van der Waals surface area contributed by atoms with Crippen LogP contribution in [0, 0.1) is 0 Å². The Labute approximate surface area is 190 Å². The normalized spacial score (nSPS) is 16.5. The van der Waals surface area contributed by atoms with E-state index in [9.17, 15) is 26.4 Å². The lowest BCUT2D eigenvalue weighted by Crippen LogP contribution is -2.52. The van der Waals surface area contributed by atoms with Crippen LogP contribution in [0.4, 0.5) is 13.2 Å². The molecule has 0 spiro atoms. The lowest BCUT2D eigenvalue weighted by Gasteiger charge is -2.35. The number of benzene rings is 2. The number of ether oxygens (including phenoxy) is 2. The van der Waals surface area contributed by atoms with E-state index in [1.165, 1.54) is 9.21 Å². The third-order valence-electron chi connectivity index (χ3n) is 5.35. The zero-order valence-electron chi connectivity index (χ0n) is 18.2. The molecular weight excluding hydrogens is 461 g/mol. The molecule has 1 unspecified atom stereocenters. The fraction of sp³-hybridized carbons (Fsp3) is 0.409. The van der Waals surface area contributed by atoms with Crippen molar-refractivity contribution in [1.29, 1.82) is 0 Å². The van der Waals surface area contributed by atoms with E-state index in [0.29, 0.717) is 5.75 Å². The number of nitrogens with zero attached hydrogens (tertiary/aromatic N) is 2. The monoisotopic (exact) mass is 486 g/mol.